The Morgan fingerprint density at radius 3 is 2.45 bits per heavy atom. The first kappa shape index (κ1) is 14.4. The largest absolute Gasteiger partial charge is 0.299 e. The molecule has 0 bridgehead atoms. The van der Waals surface area contributed by atoms with E-state index in [9.17, 15) is 4.79 Å². The highest BCUT2D eigenvalue weighted by Gasteiger charge is 2.49. The Balaban J connectivity index is 1.91. The highest BCUT2D eigenvalue weighted by atomic mass is 16.1. The molecule has 0 aromatic heterocycles. The van der Waals surface area contributed by atoms with Crippen LogP contribution in [0.3, 0.4) is 0 Å². The van der Waals surface area contributed by atoms with Crippen LogP contribution in [0.2, 0.25) is 0 Å². The van der Waals surface area contributed by atoms with Crippen molar-refractivity contribution in [1.82, 2.24) is 0 Å². The fourth-order valence-electron chi connectivity index (χ4n) is 5.22. The molecule has 3 atom stereocenters. The highest BCUT2D eigenvalue weighted by molar-refractivity contribution is 5.88. The summed E-state index contributed by atoms with van der Waals surface area (Å²) in [6, 6.07) is 0. The van der Waals surface area contributed by atoms with Crippen molar-refractivity contribution in [2.75, 3.05) is 0 Å². The zero-order valence-corrected chi connectivity index (χ0v) is 13.3. The lowest BCUT2D eigenvalue weighted by molar-refractivity contribution is -0.139. The lowest BCUT2D eigenvalue weighted by atomic mass is 9.55. The maximum absolute atomic E-state index is 12.9. The van der Waals surface area contributed by atoms with E-state index in [4.69, 9.17) is 0 Å². The van der Waals surface area contributed by atoms with Crippen LogP contribution in [0.1, 0.15) is 84.5 Å². The first-order valence-corrected chi connectivity index (χ1v) is 8.90. The summed E-state index contributed by atoms with van der Waals surface area (Å²) in [5, 5.41) is 0. The van der Waals surface area contributed by atoms with Crippen LogP contribution in [-0.4, -0.2) is 5.78 Å². The summed E-state index contributed by atoms with van der Waals surface area (Å²) < 4.78 is 0. The van der Waals surface area contributed by atoms with Crippen molar-refractivity contribution in [3.63, 3.8) is 0 Å². The molecule has 20 heavy (non-hydrogen) atoms. The van der Waals surface area contributed by atoms with E-state index in [-0.39, 0.29) is 5.41 Å². The van der Waals surface area contributed by atoms with Gasteiger partial charge in [0, 0.05) is 11.3 Å². The van der Waals surface area contributed by atoms with Gasteiger partial charge in [-0.15, -0.1) is 0 Å². The van der Waals surface area contributed by atoms with Crippen LogP contribution >= 0.6 is 0 Å². The summed E-state index contributed by atoms with van der Waals surface area (Å²) in [7, 11) is 0. The summed E-state index contributed by atoms with van der Waals surface area (Å²) in [5.74, 6) is 1.44. The monoisotopic (exact) mass is 274 g/mol. The molecule has 112 valence electrons. The Bertz CT molecular complexity index is 419. The van der Waals surface area contributed by atoms with Crippen LogP contribution < -0.4 is 0 Å². The van der Waals surface area contributed by atoms with Gasteiger partial charge < -0.3 is 0 Å². The van der Waals surface area contributed by atoms with Crippen molar-refractivity contribution in [3.8, 4) is 0 Å². The van der Waals surface area contributed by atoms with Crippen LogP contribution in [-0.2, 0) is 4.79 Å². The Labute approximate surface area is 124 Å². The first-order valence-electron chi connectivity index (χ1n) is 8.90. The van der Waals surface area contributed by atoms with Crippen LogP contribution in [0.25, 0.3) is 0 Å². The van der Waals surface area contributed by atoms with Gasteiger partial charge in [-0.1, -0.05) is 44.3 Å². The molecule has 3 aliphatic rings. The third-order valence-corrected chi connectivity index (χ3v) is 6.55. The Hall–Kier alpha value is -0.590. The summed E-state index contributed by atoms with van der Waals surface area (Å²) in [5.41, 5.74) is 3.47. The lowest BCUT2D eigenvalue weighted by Gasteiger charge is -2.48. The van der Waals surface area contributed by atoms with E-state index in [0.717, 1.165) is 19.3 Å². The maximum Gasteiger partial charge on any atom is 0.142 e. The van der Waals surface area contributed by atoms with Gasteiger partial charge in [0.1, 0.15) is 5.78 Å². The number of carbonyl (C=O) groups is 1. The Morgan fingerprint density at radius 1 is 0.900 bits per heavy atom. The molecule has 1 fully saturated rings. The molecular formula is C19H30O. The second-order valence-corrected chi connectivity index (χ2v) is 7.58. The average Bonchev–Trinajstić information content (AvgIpc) is 2.41. The molecule has 3 aliphatic carbocycles. The van der Waals surface area contributed by atoms with Gasteiger partial charge in [0.2, 0.25) is 0 Å². The predicted molar refractivity (Wildman–Crippen MR) is 83.6 cm³/mol. The van der Waals surface area contributed by atoms with Crippen LogP contribution in [0, 0.1) is 17.3 Å². The van der Waals surface area contributed by atoms with E-state index in [1.807, 2.05) is 0 Å². The number of hydrogen-bond donors (Lipinski definition) is 0. The van der Waals surface area contributed by atoms with Gasteiger partial charge in [-0.2, -0.15) is 0 Å². The van der Waals surface area contributed by atoms with E-state index in [1.165, 1.54) is 51.4 Å². The van der Waals surface area contributed by atoms with Gasteiger partial charge in [-0.05, 0) is 57.3 Å². The van der Waals surface area contributed by atoms with Crippen molar-refractivity contribution in [2.45, 2.75) is 84.5 Å². The molecule has 1 nitrogen and oxygen atoms in total. The predicted octanol–water partition coefficient (Wildman–Crippen LogP) is 5.44. The number of ketones is 1. The van der Waals surface area contributed by atoms with Crippen molar-refractivity contribution in [3.05, 3.63) is 11.1 Å². The van der Waals surface area contributed by atoms with Gasteiger partial charge in [-0.3, -0.25) is 4.79 Å². The molecule has 3 rings (SSSR count). The molecular weight excluding hydrogens is 244 g/mol. The fourth-order valence-corrected chi connectivity index (χ4v) is 5.22. The second-order valence-electron chi connectivity index (χ2n) is 7.58. The molecule has 0 aliphatic heterocycles. The summed E-state index contributed by atoms with van der Waals surface area (Å²) in [6.45, 7) is 4.55. The standard InChI is InChI=1S/C19H30O/c1-14-8-7-12-19(18(14)20)13-11-16-9-5-3-4-6-10-17(16)15(19)2/h14-15H,3-13H2,1-2H3/t14-,15+,19+/m1/s1. The minimum absolute atomic E-state index is 0.0235. The topological polar surface area (TPSA) is 17.1 Å². The Morgan fingerprint density at radius 2 is 1.65 bits per heavy atom. The number of Topliss-reactive ketones (excluding diaryl/α,β-unsaturated/α-hetero) is 1. The van der Waals surface area contributed by atoms with Gasteiger partial charge >= 0.3 is 0 Å². The van der Waals surface area contributed by atoms with Crippen molar-refractivity contribution >= 4 is 5.78 Å². The number of rotatable bonds is 0. The quantitative estimate of drug-likeness (QED) is 0.537. The first-order chi connectivity index (χ1) is 9.65. The molecule has 0 aromatic rings. The lowest BCUT2D eigenvalue weighted by Crippen LogP contribution is -2.46. The van der Waals surface area contributed by atoms with E-state index < -0.39 is 0 Å². The second kappa shape index (κ2) is 5.66. The molecule has 0 unspecified atom stereocenters. The SMILES string of the molecule is C[C@@H]1CCC[C@@]2(CCC3=C(CCCCCC3)[C@@H]2C)C1=O. The molecule has 0 saturated heterocycles. The molecule has 1 spiro atoms. The van der Waals surface area contributed by atoms with E-state index >= 15 is 0 Å². The zero-order chi connectivity index (χ0) is 14.2. The number of carbonyl (C=O) groups excluding carboxylic acids is 1. The summed E-state index contributed by atoms with van der Waals surface area (Å²) in [6.07, 6.45) is 14.0. The van der Waals surface area contributed by atoms with Crippen molar-refractivity contribution in [1.29, 1.82) is 0 Å². The average molecular weight is 274 g/mol. The minimum atomic E-state index is 0.0235. The molecule has 0 heterocycles. The smallest absolute Gasteiger partial charge is 0.142 e. The summed E-state index contributed by atoms with van der Waals surface area (Å²) >= 11 is 0. The summed E-state index contributed by atoms with van der Waals surface area (Å²) in [4.78, 5) is 12.9. The van der Waals surface area contributed by atoms with Crippen molar-refractivity contribution < 1.29 is 4.79 Å². The molecule has 0 N–H and O–H groups in total. The van der Waals surface area contributed by atoms with Gasteiger partial charge in [-0.25, -0.2) is 0 Å². The molecule has 0 aromatic carbocycles. The third kappa shape index (κ3) is 2.27. The third-order valence-electron chi connectivity index (χ3n) is 6.55. The highest BCUT2D eigenvalue weighted by Crippen LogP contribution is 2.53. The van der Waals surface area contributed by atoms with E-state index in [0.29, 0.717) is 17.6 Å². The molecule has 0 amide bonds. The van der Waals surface area contributed by atoms with Crippen molar-refractivity contribution in [2.24, 2.45) is 17.3 Å². The normalized spacial score (nSPS) is 39.4. The van der Waals surface area contributed by atoms with Gasteiger partial charge in [0.15, 0.2) is 0 Å². The van der Waals surface area contributed by atoms with Gasteiger partial charge in [0.25, 0.3) is 0 Å². The number of allylic oxidation sites excluding steroid dienone is 2. The van der Waals surface area contributed by atoms with E-state index in [1.54, 1.807) is 11.1 Å². The molecule has 1 saturated carbocycles. The van der Waals surface area contributed by atoms with Crippen LogP contribution in [0.4, 0.5) is 0 Å². The Kier molecular flexibility index (Phi) is 4.06. The van der Waals surface area contributed by atoms with Crippen LogP contribution in [0.5, 0.6) is 0 Å². The molecule has 1 heteroatoms. The van der Waals surface area contributed by atoms with Crippen LogP contribution in [0.15, 0.2) is 11.1 Å². The maximum atomic E-state index is 12.9. The van der Waals surface area contributed by atoms with E-state index in [2.05, 4.69) is 13.8 Å². The minimum Gasteiger partial charge on any atom is -0.299 e. The van der Waals surface area contributed by atoms with Gasteiger partial charge in [0.05, 0.1) is 0 Å². The zero-order valence-electron chi connectivity index (χ0n) is 13.3. The number of hydrogen-bond acceptors (Lipinski definition) is 1. The molecule has 0 radical (unpaired) electrons. The fraction of sp³-hybridized carbons (Fsp3) is 0.842.